The highest BCUT2D eigenvalue weighted by Gasteiger charge is 2.27. The number of amides is 3. The molecular weight excluding hydrogens is 252 g/mol. The number of imide groups is 1. The minimum Gasteiger partial charge on any atom is -0.321 e. The number of hydrogen-bond donors (Lipinski definition) is 1. The smallest absolute Gasteiger partial charge is 0.321 e. The summed E-state index contributed by atoms with van der Waals surface area (Å²) in [5, 5.41) is 2.50. The first-order valence-corrected chi connectivity index (χ1v) is 7.39. The average Bonchev–Trinajstić information content (AvgIpc) is 2.49. The van der Waals surface area contributed by atoms with Crippen LogP contribution in [0, 0.1) is 0 Å². The molecule has 1 aliphatic rings. The van der Waals surface area contributed by atoms with Crippen molar-refractivity contribution in [3.63, 3.8) is 0 Å². The molecule has 0 spiro atoms. The molecule has 1 aromatic carbocycles. The Hall–Kier alpha value is -1.84. The van der Waals surface area contributed by atoms with Crippen molar-refractivity contribution in [2.75, 3.05) is 6.54 Å². The zero-order valence-corrected chi connectivity index (χ0v) is 12.0. The number of benzene rings is 1. The molecule has 0 aliphatic carbocycles. The summed E-state index contributed by atoms with van der Waals surface area (Å²) in [6.45, 7) is 2.87. The van der Waals surface area contributed by atoms with Crippen LogP contribution in [0.5, 0.6) is 0 Å². The van der Waals surface area contributed by atoms with E-state index >= 15 is 0 Å². The van der Waals surface area contributed by atoms with Crippen LogP contribution in [0.1, 0.15) is 49.4 Å². The fourth-order valence-electron chi connectivity index (χ4n) is 2.73. The Bertz CT molecular complexity index is 457. The van der Waals surface area contributed by atoms with Crippen LogP contribution in [0.3, 0.4) is 0 Å². The zero-order valence-electron chi connectivity index (χ0n) is 12.0. The number of carbonyl (C=O) groups excluding carboxylic acids is 2. The predicted octanol–water partition coefficient (Wildman–Crippen LogP) is 3.19. The van der Waals surface area contributed by atoms with E-state index in [9.17, 15) is 9.59 Å². The maximum Gasteiger partial charge on any atom is 0.324 e. The summed E-state index contributed by atoms with van der Waals surface area (Å²) >= 11 is 0. The van der Waals surface area contributed by atoms with E-state index < -0.39 is 0 Å². The highest BCUT2D eigenvalue weighted by atomic mass is 16.2. The van der Waals surface area contributed by atoms with Crippen molar-refractivity contribution in [2.45, 2.75) is 45.1 Å². The number of likely N-dealkylation sites (tertiary alicyclic amines) is 1. The normalized spacial score (nSPS) is 18.6. The monoisotopic (exact) mass is 274 g/mol. The van der Waals surface area contributed by atoms with Crippen LogP contribution >= 0.6 is 0 Å². The van der Waals surface area contributed by atoms with Gasteiger partial charge in [-0.2, -0.15) is 0 Å². The maximum absolute atomic E-state index is 12.3. The van der Waals surface area contributed by atoms with Crippen molar-refractivity contribution in [2.24, 2.45) is 0 Å². The van der Waals surface area contributed by atoms with E-state index in [0.29, 0.717) is 5.56 Å². The van der Waals surface area contributed by atoms with Gasteiger partial charge in [-0.1, -0.05) is 31.5 Å². The largest absolute Gasteiger partial charge is 0.324 e. The summed E-state index contributed by atoms with van der Waals surface area (Å²) in [4.78, 5) is 26.1. The topological polar surface area (TPSA) is 49.4 Å². The van der Waals surface area contributed by atoms with Crippen LogP contribution in [-0.2, 0) is 0 Å². The van der Waals surface area contributed by atoms with E-state index in [1.54, 1.807) is 24.3 Å². The molecule has 0 bridgehead atoms. The molecule has 4 nitrogen and oxygen atoms in total. The summed E-state index contributed by atoms with van der Waals surface area (Å²) in [5.74, 6) is -0.323. The van der Waals surface area contributed by atoms with Crippen LogP contribution < -0.4 is 5.32 Å². The molecule has 4 heteroatoms. The van der Waals surface area contributed by atoms with Gasteiger partial charge in [0.1, 0.15) is 0 Å². The van der Waals surface area contributed by atoms with Crippen molar-refractivity contribution in [3.05, 3.63) is 35.9 Å². The SMILES string of the molecule is CCCC1CCCCN1C(=O)NC(=O)c1ccccc1. The molecule has 1 aromatic rings. The van der Waals surface area contributed by atoms with Gasteiger partial charge in [0.25, 0.3) is 5.91 Å². The highest BCUT2D eigenvalue weighted by molar-refractivity contribution is 6.04. The first-order valence-electron chi connectivity index (χ1n) is 7.39. The van der Waals surface area contributed by atoms with Gasteiger partial charge in [-0.3, -0.25) is 10.1 Å². The lowest BCUT2D eigenvalue weighted by atomic mass is 9.99. The lowest BCUT2D eigenvalue weighted by molar-refractivity contribution is 0.0931. The van der Waals surface area contributed by atoms with E-state index in [-0.39, 0.29) is 18.0 Å². The maximum atomic E-state index is 12.3. The number of carbonyl (C=O) groups is 2. The zero-order chi connectivity index (χ0) is 14.4. The summed E-state index contributed by atoms with van der Waals surface area (Å²) in [7, 11) is 0. The second kappa shape index (κ2) is 7.08. The van der Waals surface area contributed by atoms with Gasteiger partial charge in [-0.15, -0.1) is 0 Å². The van der Waals surface area contributed by atoms with E-state index in [0.717, 1.165) is 32.2 Å². The van der Waals surface area contributed by atoms with Gasteiger partial charge in [-0.05, 0) is 37.8 Å². The summed E-state index contributed by atoms with van der Waals surface area (Å²) < 4.78 is 0. The lowest BCUT2D eigenvalue weighted by Gasteiger charge is -2.35. The van der Waals surface area contributed by atoms with E-state index in [2.05, 4.69) is 12.2 Å². The van der Waals surface area contributed by atoms with Crippen molar-refractivity contribution < 1.29 is 9.59 Å². The second-order valence-corrected chi connectivity index (χ2v) is 5.26. The molecule has 1 saturated heterocycles. The van der Waals surface area contributed by atoms with Crippen molar-refractivity contribution in [3.8, 4) is 0 Å². The van der Waals surface area contributed by atoms with Crippen molar-refractivity contribution >= 4 is 11.9 Å². The molecule has 1 unspecified atom stereocenters. The quantitative estimate of drug-likeness (QED) is 0.920. The fraction of sp³-hybridized carbons (Fsp3) is 0.500. The number of piperidine rings is 1. The van der Waals surface area contributed by atoms with Crippen LogP contribution in [0.15, 0.2) is 30.3 Å². The third-order valence-corrected chi connectivity index (χ3v) is 3.77. The molecular formula is C16H22N2O2. The van der Waals surface area contributed by atoms with Crippen LogP contribution in [0.25, 0.3) is 0 Å². The van der Waals surface area contributed by atoms with Gasteiger partial charge in [0.05, 0.1) is 0 Å². The Balaban J connectivity index is 1.98. The van der Waals surface area contributed by atoms with Gasteiger partial charge in [0.2, 0.25) is 0 Å². The standard InChI is InChI=1S/C16H22N2O2/c1-2-8-14-11-6-7-12-18(14)16(20)17-15(19)13-9-4-3-5-10-13/h3-5,9-10,14H,2,6-8,11-12H2,1H3,(H,17,19,20). The van der Waals surface area contributed by atoms with E-state index in [4.69, 9.17) is 0 Å². The lowest BCUT2D eigenvalue weighted by Crippen LogP contribution is -2.50. The molecule has 1 aliphatic heterocycles. The van der Waals surface area contributed by atoms with Crippen LogP contribution in [0.4, 0.5) is 4.79 Å². The number of nitrogens with zero attached hydrogens (tertiary/aromatic N) is 1. The van der Waals surface area contributed by atoms with Crippen molar-refractivity contribution in [1.29, 1.82) is 0 Å². The number of nitrogens with one attached hydrogen (secondary N) is 1. The number of rotatable bonds is 3. The first-order chi connectivity index (χ1) is 9.72. The predicted molar refractivity (Wildman–Crippen MR) is 78.6 cm³/mol. The van der Waals surface area contributed by atoms with Gasteiger partial charge in [0, 0.05) is 18.2 Å². The van der Waals surface area contributed by atoms with Gasteiger partial charge >= 0.3 is 6.03 Å². The Morgan fingerprint density at radius 2 is 2.00 bits per heavy atom. The molecule has 108 valence electrons. The summed E-state index contributed by atoms with van der Waals surface area (Å²) in [5.41, 5.74) is 0.518. The molecule has 1 heterocycles. The first kappa shape index (κ1) is 14.6. The fourth-order valence-corrected chi connectivity index (χ4v) is 2.73. The molecule has 1 fully saturated rings. The third kappa shape index (κ3) is 3.59. The Labute approximate surface area is 120 Å². The molecule has 1 atom stereocenters. The van der Waals surface area contributed by atoms with Gasteiger partial charge < -0.3 is 4.90 Å². The highest BCUT2D eigenvalue weighted by Crippen LogP contribution is 2.20. The van der Waals surface area contributed by atoms with Crippen LogP contribution in [-0.4, -0.2) is 29.4 Å². The van der Waals surface area contributed by atoms with Crippen molar-refractivity contribution in [1.82, 2.24) is 10.2 Å². The summed E-state index contributed by atoms with van der Waals surface area (Å²) in [6.07, 6.45) is 5.29. The third-order valence-electron chi connectivity index (χ3n) is 3.77. The van der Waals surface area contributed by atoms with Gasteiger partial charge in [0.15, 0.2) is 0 Å². The molecule has 0 aromatic heterocycles. The minimum atomic E-state index is -0.323. The Morgan fingerprint density at radius 1 is 1.25 bits per heavy atom. The minimum absolute atomic E-state index is 0.253. The second-order valence-electron chi connectivity index (χ2n) is 5.26. The molecule has 1 N–H and O–H groups in total. The Morgan fingerprint density at radius 3 is 2.70 bits per heavy atom. The molecule has 0 saturated carbocycles. The summed E-state index contributed by atoms with van der Waals surface area (Å²) in [6, 6.07) is 8.88. The average molecular weight is 274 g/mol. The number of hydrogen-bond acceptors (Lipinski definition) is 2. The van der Waals surface area contributed by atoms with E-state index in [1.807, 2.05) is 11.0 Å². The Kier molecular flexibility index (Phi) is 5.16. The van der Waals surface area contributed by atoms with Gasteiger partial charge in [-0.25, -0.2) is 4.79 Å². The van der Waals surface area contributed by atoms with Crippen LogP contribution in [0.2, 0.25) is 0 Å². The molecule has 2 rings (SSSR count). The number of urea groups is 1. The molecule has 20 heavy (non-hydrogen) atoms. The molecule has 3 amide bonds. The van der Waals surface area contributed by atoms with E-state index in [1.165, 1.54) is 6.42 Å². The molecule has 0 radical (unpaired) electrons.